The van der Waals surface area contributed by atoms with E-state index >= 15 is 0 Å². The maximum Gasteiger partial charge on any atom is 0.338 e. The van der Waals surface area contributed by atoms with E-state index in [1.165, 1.54) is 0 Å². The first-order chi connectivity index (χ1) is 14.5. The number of hydrogen-bond donors (Lipinski definition) is 2. The molecule has 158 valence electrons. The first-order valence-corrected chi connectivity index (χ1v) is 10.4. The summed E-state index contributed by atoms with van der Waals surface area (Å²) >= 11 is 6.38. The molecule has 0 fully saturated rings. The summed E-state index contributed by atoms with van der Waals surface area (Å²) < 4.78 is 5.32. The van der Waals surface area contributed by atoms with Crippen LogP contribution in [0, 0.1) is 0 Å². The van der Waals surface area contributed by atoms with Crippen LogP contribution in [-0.2, 0) is 16.1 Å². The number of amides is 2. The van der Waals surface area contributed by atoms with E-state index in [1.807, 2.05) is 37.3 Å². The number of hydrogen-bond acceptors (Lipinski definition) is 4. The van der Waals surface area contributed by atoms with E-state index in [2.05, 4.69) is 27.7 Å². The molecule has 1 aliphatic rings. The Bertz CT molecular complexity index is 930. The number of rotatable bonds is 8. The van der Waals surface area contributed by atoms with Gasteiger partial charge in [-0.3, -0.25) is 4.90 Å². The predicted octanol–water partition coefficient (Wildman–Crippen LogP) is 4.03. The quantitative estimate of drug-likeness (QED) is 0.624. The van der Waals surface area contributed by atoms with Crippen LogP contribution in [-0.4, -0.2) is 36.6 Å². The number of urea groups is 1. The van der Waals surface area contributed by atoms with Crippen molar-refractivity contribution in [3.8, 4) is 0 Å². The molecule has 0 bridgehead atoms. The molecule has 1 atom stereocenters. The predicted molar refractivity (Wildman–Crippen MR) is 117 cm³/mol. The highest BCUT2D eigenvalue weighted by atomic mass is 35.5. The van der Waals surface area contributed by atoms with Gasteiger partial charge in [-0.25, -0.2) is 9.59 Å². The standard InChI is InChI=1S/C23H26ClN3O3/c1-3-27(14-16-10-6-5-7-11-16)15-19-20(22(28)30-4-2)21(26-23(29)25-19)17-12-8-9-13-18(17)24/h5-13,21H,3-4,14-15H2,1-2H3,(H2,25,26,29)/t21-/m0/s1. The molecule has 0 radical (unpaired) electrons. The molecule has 2 aromatic rings. The summed E-state index contributed by atoms with van der Waals surface area (Å²) in [5.74, 6) is -0.472. The maximum absolute atomic E-state index is 12.9. The molecular weight excluding hydrogens is 402 g/mol. The minimum absolute atomic E-state index is 0.236. The molecule has 1 heterocycles. The van der Waals surface area contributed by atoms with Gasteiger partial charge in [-0.05, 0) is 30.7 Å². The number of halogens is 1. The highest BCUT2D eigenvalue weighted by Crippen LogP contribution is 2.32. The second-order valence-corrected chi connectivity index (χ2v) is 7.36. The molecular formula is C23H26ClN3O3. The van der Waals surface area contributed by atoms with Crippen LogP contribution in [0.15, 0.2) is 65.9 Å². The number of nitrogens with one attached hydrogen (secondary N) is 2. The number of likely N-dealkylation sites (N-methyl/N-ethyl adjacent to an activating group) is 1. The van der Waals surface area contributed by atoms with Crippen LogP contribution >= 0.6 is 11.6 Å². The van der Waals surface area contributed by atoms with Gasteiger partial charge in [0.2, 0.25) is 0 Å². The average molecular weight is 428 g/mol. The van der Waals surface area contributed by atoms with Crippen LogP contribution in [0.1, 0.15) is 31.0 Å². The number of ether oxygens (including phenoxy) is 1. The number of nitrogens with zero attached hydrogens (tertiary/aromatic N) is 1. The molecule has 6 nitrogen and oxygen atoms in total. The summed E-state index contributed by atoms with van der Waals surface area (Å²) in [5, 5.41) is 6.12. The molecule has 3 rings (SSSR count). The second-order valence-electron chi connectivity index (χ2n) is 6.95. The van der Waals surface area contributed by atoms with Crippen LogP contribution in [0.4, 0.5) is 4.79 Å². The van der Waals surface area contributed by atoms with Crippen molar-refractivity contribution >= 4 is 23.6 Å². The first-order valence-electron chi connectivity index (χ1n) is 10.0. The molecule has 0 unspecified atom stereocenters. The molecule has 0 aliphatic carbocycles. The van der Waals surface area contributed by atoms with Crippen molar-refractivity contribution in [1.29, 1.82) is 0 Å². The average Bonchev–Trinajstić information content (AvgIpc) is 2.74. The third-order valence-corrected chi connectivity index (χ3v) is 5.29. The highest BCUT2D eigenvalue weighted by Gasteiger charge is 2.35. The van der Waals surface area contributed by atoms with Gasteiger partial charge < -0.3 is 15.4 Å². The van der Waals surface area contributed by atoms with Gasteiger partial charge in [0, 0.05) is 23.8 Å². The SMILES string of the molecule is CCOC(=O)C1=C(CN(CC)Cc2ccccc2)NC(=O)N[C@H]1c1ccccc1Cl. The van der Waals surface area contributed by atoms with Crippen LogP contribution in [0.5, 0.6) is 0 Å². The molecule has 2 amide bonds. The Morgan fingerprint density at radius 1 is 1.07 bits per heavy atom. The zero-order valence-corrected chi connectivity index (χ0v) is 17.9. The summed E-state index contributed by atoms with van der Waals surface area (Å²) in [6, 6.07) is 16.2. The molecule has 0 saturated heterocycles. The van der Waals surface area contributed by atoms with Gasteiger partial charge in [0.05, 0.1) is 18.2 Å². The van der Waals surface area contributed by atoms with E-state index in [9.17, 15) is 9.59 Å². The first kappa shape index (κ1) is 21.9. The fourth-order valence-corrected chi connectivity index (χ4v) is 3.72. The lowest BCUT2D eigenvalue weighted by molar-refractivity contribution is -0.139. The fraction of sp³-hybridized carbons (Fsp3) is 0.304. The van der Waals surface area contributed by atoms with Crippen molar-refractivity contribution in [3.05, 3.63) is 82.0 Å². The van der Waals surface area contributed by atoms with E-state index in [-0.39, 0.29) is 12.6 Å². The van der Waals surface area contributed by atoms with Crippen molar-refractivity contribution in [2.75, 3.05) is 19.7 Å². The molecule has 2 aromatic carbocycles. The molecule has 2 N–H and O–H groups in total. The zero-order valence-electron chi connectivity index (χ0n) is 17.2. The summed E-state index contributed by atoms with van der Waals surface area (Å²) in [4.78, 5) is 27.5. The smallest absolute Gasteiger partial charge is 0.338 e. The lowest BCUT2D eigenvalue weighted by Gasteiger charge is -2.32. The third kappa shape index (κ3) is 5.20. The Labute approximate surface area is 181 Å². The third-order valence-electron chi connectivity index (χ3n) is 4.94. The van der Waals surface area contributed by atoms with E-state index in [4.69, 9.17) is 16.3 Å². The molecule has 1 aliphatic heterocycles. The van der Waals surface area contributed by atoms with E-state index < -0.39 is 12.0 Å². The second kappa shape index (κ2) is 10.3. The molecule has 0 spiro atoms. The van der Waals surface area contributed by atoms with Crippen LogP contribution < -0.4 is 10.6 Å². The van der Waals surface area contributed by atoms with Gasteiger partial charge in [-0.2, -0.15) is 0 Å². The van der Waals surface area contributed by atoms with Crippen LogP contribution in [0.3, 0.4) is 0 Å². The fourth-order valence-electron chi connectivity index (χ4n) is 3.48. The van der Waals surface area contributed by atoms with Gasteiger partial charge in [0.15, 0.2) is 0 Å². The summed E-state index contributed by atoms with van der Waals surface area (Å²) in [7, 11) is 0. The van der Waals surface area contributed by atoms with Gasteiger partial charge in [-0.1, -0.05) is 67.1 Å². The minimum atomic E-state index is -0.683. The van der Waals surface area contributed by atoms with E-state index in [1.54, 1.807) is 19.1 Å². The van der Waals surface area contributed by atoms with Crippen molar-refractivity contribution < 1.29 is 14.3 Å². The minimum Gasteiger partial charge on any atom is -0.463 e. The van der Waals surface area contributed by atoms with Gasteiger partial charge in [0.25, 0.3) is 0 Å². The van der Waals surface area contributed by atoms with Crippen LogP contribution in [0.25, 0.3) is 0 Å². The topological polar surface area (TPSA) is 70.7 Å². The number of esters is 1. The maximum atomic E-state index is 12.9. The van der Waals surface area contributed by atoms with Crippen molar-refractivity contribution in [2.24, 2.45) is 0 Å². The highest BCUT2D eigenvalue weighted by molar-refractivity contribution is 6.31. The Morgan fingerprint density at radius 3 is 2.43 bits per heavy atom. The normalized spacial score (nSPS) is 16.3. The monoisotopic (exact) mass is 427 g/mol. The van der Waals surface area contributed by atoms with Gasteiger partial charge in [-0.15, -0.1) is 0 Å². The molecule has 0 aromatic heterocycles. The van der Waals surface area contributed by atoms with Gasteiger partial charge in [0.1, 0.15) is 0 Å². The molecule has 7 heteroatoms. The molecule has 30 heavy (non-hydrogen) atoms. The summed E-state index contributed by atoms with van der Waals surface area (Å²) in [5.41, 5.74) is 2.71. The Balaban J connectivity index is 1.99. The molecule has 0 saturated carbocycles. The number of carbonyl (C=O) groups excluding carboxylic acids is 2. The Kier molecular flexibility index (Phi) is 7.49. The summed E-state index contributed by atoms with van der Waals surface area (Å²) in [6.45, 7) is 5.87. The van der Waals surface area contributed by atoms with E-state index in [0.29, 0.717) is 34.9 Å². The summed E-state index contributed by atoms with van der Waals surface area (Å²) in [6.07, 6.45) is 0. The van der Waals surface area contributed by atoms with Crippen molar-refractivity contribution in [2.45, 2.75) is 26.4 Å². The number of benzene rings is 2. The largest absolute Gasteiger partial charge is 0.463 e. The van der Waals surface area contributed by atoms with Crippen LogP contribution in [0.2, 0.25) is 5.02 Å². The Hall–Kier alpha value is -2.83. The van der Waals surface area contributed by atoms with Crippen molar-refractivity contribution in [3.63, 3.8) is 0 Å². The number of carbonyl (C=O) groups is 2. The lowest BCUT2D eigenvalue weighted by atomic mass is 9.95. The lowest BCUT2D eigenvalue weighted by Crippen LogP contribution is -2.48. The van der Waals surface area contributed by atoms with Gasteiger partial charge >= 0.3 is 12.0 Å². The van der Waals surface area contributed by atoms with E-state index in [0.717, 1.165) is 12.1 Å². The Morgan fingerprint density at radius 2 is 1.77 bits per heavy atom. The zero-order chi connectivity index (χ0) is 21.5. The van der Waals surface area contributed by atoms with Crippen molar-refractivity contribution in [1.82, 2.24) is 15.5 Å².